The lowest BCUT2D eigenvalue weighted by molar-refractivity contribution is -0.152. The van der Waals surface area contributed by atoms with Gasteiger partial charge >= 0.3 is 5.97 Å². The van der Waals surface area contributed by atoms with Crippen LogP contribution in [0.4, 0.5) is 0 Å². The first-order valence-corrected chi connectivity index (χ1v) is 11.7. The maximum absolute atomic E-state index is 13.4. The van der Waals surface area contributed by atoms with Crippen molar-refractivity contribution in [1.82, 2.24) is 9.88 Å². The molecule has 3 fully saturated rings. The molecule has 2 N–H and O–H groups in total. The van der Waals surface area contributed by atoms with Gasteiger partial charge in [0.05, 0.1) is 5.92 Å². The van der Waals surface area contributed by atoms with E-state index in [2.05, 4.69) is 36.3 Å². The van der Waals surface area contributed by atoms with Gasteiger partial charge in [-0.1, -0.05) is 25.5 Å². The molecular weight excluding hydrogens is 376 g/mol. The number of fused-ring (bicyclic) bond motifs is 2. The number of nitrogens with one attached hydrogen (secondary N) is 1. The predicted molar refractivity (Wildman–Crippen MR) is 117 cm³/mol. The largest absolute Gasteiger partial charge is 0.481 e. The SMILES string of the molecule is CC(CC(=O)N1CCCC2C(C(=O)O)CCCC21)c1c[nH]c2cccc(C3CC3)c12. The number of carbonyl (C=O) groups excluding carboxylic acids is 1. The van der Waals surface area contributed by atoms with E-state index in [0.29, 0.717) is 12.3 Å². The van der Waals surface area contributed by atoms with Crippen LogP contribution in [0.15, 0.2) is 24.4 Å². The van der Waals surface area contributed by atoms with Gasteiger partial charge in [0.2, 0.25) is 5.91 Å². The van der Waals surface area contributed by atoms with E-state index in [-0.39, 0.29) is 29.7 Å². The second-order valence-corrected chi connectivity index (χ2v) is 9.73. The summed E-state index contributed by atoms with van der Waals surface area (Å²) in [6.45, 7) is 2.94. The number of aliphatic carboxylic acids is 1. The van der Waals surface area contributed by atoms with Gasteiger partial charge in [-0.2, -0.15) is 0 Å². The summed E-state index contributed by atoms with van der Waals surface area (Å²) in [4.78, 5) is 30.6. The molecule has 5 rings (SSSR count). The minimum absolute atomic E-state index is 0.110. The van der Waals surface area contributed by atoms with Crippen LogP contribution in [0.2, 0.25) is 0 Å². The Balaban J connectivity index is 1.35. The molecule has 1 aromatic carbocycles. The fraction of sp³-hybridized carbons (Fsp3) is 0.600. The molecule has 1 aromatic heterocycles. The number of carboxylic acids is 1. The number of aromatic nitrogens is 1. The molecule has 4 atom stereocenters. The Morgan fingerprint density at radius 3 is 2.77 bits per heavy atom. The summed E-state index contributed by atoms with van der Waals surface area (Å²) in [5.74, 6) is 0.167. The lowest BCUT2D eigenvalue weighted by atomic mass is 9.71. The topological polar surface area (TPSA) is 73.4 Å². The summed E-state index contributed by atoms with van der Waals surface area (Å²) in [5.41, 5.74) is 3.85. The van der Waals surface area contributed by atoms with Crippen molar-refractivity contribution in [2.75, 3.05) is 6.54 Å². The Morgan fingerprint density at radius 2 is 2.00 bits per heavy atom. The zero-order valence-electron chi connectivity index (χ0n) is 17.8. The van der Waals surface area contributed by atoms with E-state index >= 15 is 0 Å². The normalized spacial score (nSPS) is 27.6. The first-order chi connectivity index (χ1) is 14.5. The van der Waals surface area contributed by atoms with Crippen molar-refractivity contribution in [2.45, 2.75) is 76.2 Å². The molecule has 0 radical (unpaired) electrons. The fourth-order valence-corrected chi connectivity index (χ4v) is 6.16. The highest BCUT2D eigenvalue weighted by atomic mass is 16.4. The maximum Gasteiger partial charge on any atom is 0.306 e. The average Bonchev–Trinajstić information content (AvgIpc) is 3.50. The Kier molecular flexibility index (Phi) is 5.08. The highest BCUT2D eigenvalue weighted by Crippen LogP contribution is 2.45. The minimum Gasteiger partial charge on any atom is -0.481 e. The van der Waals surface area contributed by atoms with Crippen molar-refractivity contribution >= 4 is 22.8 Å². The second kappa shape index (κ2) is 7.75. The summed E-state index contributed by atoms with van der Waals surface area (Å²) in [7, 11) is 0. The number of hydrogen-bond acceptors (Lipinski definition) is 2. The van der Waals surface area contributed by atoms with Crippen LogP contribution in [-0.2, 0) is 9.59 Å². The average molecular weight is 409 g/mol. The highest BCUT2D eigenvalue weighted by molar-refractivity contribution is 5.89. The van der Waals surface area contributed by atoms with Crippen molar-refractivity contribution in [3.63, 3.8) is 0 Å². The molecule has 5 heteroatoms. The quantitative estimate of drug-likeness (QED) is 0.729. The van der Waals surface area contributed by atoms with Gasteiger partial charge < -0.3 is 15.0 Å². The molecule has 0 bridgehead atoms. The Hall–Kier alpha value is -2.30. The van der Waals surface area contributed by atoms with Gasteiger partial charge in [0.25, 0.3) is 0 Å². The molecule has 3 aliphatic rings. The summed E-state index contributed by atoms with van der Waals surface area (Å²) in [6, 6.07) is 6.61. The van der Waals surface area contributed by atoms with Gasteiger partial charge in [0.15, 0.2) is 0 Å². The van der Waals surface area contributed by atoms with E-state index in [9.17, 15) is 14.7 Å². The molecular formula is C25H32N2O3. The van der Waals surface area contributed by atoms with E-state index in [1.807, 2.05) is 4.90 Å². The molecule has 1 saturated heterocycles. The van der Waals surface area contributed by atoms with Crippen LogP contribution in [-0.4, -0.2) is 39.5 Å². The number of likely N-dealkylation sites (tertiary alicyclic amines) is 1. The lowest BCUT2D eigenvalue weighted by Crippen LogP contribution is -2.53. The summed E-state index contributed by atoms with van der Waals surface area (Å²) < 4.78 is 0. The van der Waals surface area contributed by atoms with Crippen LogP contribution in [0.1, 0.15) is 81.3 Å². The van der Waals surface area contributed by atoms with Crippen molar-refractivity contribution in [2.24, 2.45) is 11.8 Å². The summed E-state index contributed by atoms with van der Waals surface area (Å²) in [6.07, 6.45) is 9.59. The third-order valence-electron chi connectivity index (χ3n) is 7.80. The van der Waals surface area contributed by atoms with E-state index in [4.69, 9.17) is 0 Å². The number of carboxylic acid groups (broad SMARTS) is 1. The highest BCUT2D eigenvalue weighted by Gasteiger charge is 2.43. The first kappa shape index (κ1) is 19.7. The van der Waals surface area contributed by atoms with Gasteiger partial charge in [-0.05, 0) is 73.5 Å². The van der Waals surface area contributed by atoms with Crippen LogP contribution in [0.3, 0.4) is 0 Å². The first-order valence-electron chi connectivity index (χ1n) is 11.7. The number of nitrogens with zero attached hydrogens (tertiary/aromatic N) is 1. The molecule has 2 heterocycles. The molecule has 160 valence electrons. The Bertz CT molecular complexity index is 960. The molecule has 2 aliphatic carbocycles. The van der Waals surface area contributed by atoms with Gasteiger partial charge in [-0.3, -0.25) is 9.59 Å². The molecule has 1 aliphatic heterocycles. The minimum atomic E-state index is -0.682. The standard InChI is InChI=1S/C25H32N2O3/c1-15(20-14-26-21-8-2-5-17(24(20)21)16-10-11-16)13-23(28)27-12-4-7-18-19(25(29)30)6-3-9-22(18)27/h2,5,8,14-16,18-19,22,26H,3-4,6-7,9-13H2,1H3,(H,29,30). The molecule has 0 spiro atoms. The fourth-order valence-electron chi connectivity index (χ4n) is 6.16. The van der Waals surface area contributed by atoms with Crippen LogP contribution >= 0.6 is 0 Å². The molecule has 2 saturated carbocycles. The van der Waals surface area contributed by atoms with Crippen molar-refractivity contribution in [3.05, 3.63) is 35.5 Å². The zero-order valence-corrected chi connectivity index (χ0v) is 17.8. The van der Waals surface area contributed by atoms with Crippen molar-refractivity contribution < 1.29 is 14.7 Å². The molecule has 1 amide bonds. The van der Waals surface area contributed by atoms with Crippen LogP contribution < -0.4 is 0 Å². The van der Waals surface area contributed by atoms with E-state index in [1.54, 1.807) is 0 Å². The van der Waals surface area contributed by atoms with Crippen LogP contribution in [0, 0.1) is 11.8 Å². The van der Waals surface area contributed by atoms with Crippen molar-refractivity contribution in [3.8, 4) is 0 Å². The second-order valence-electron chi connectivity index (χ2n) is 9.73. The third kappa shape index (κ3) is 3.42. The monoisotopic (exact) mass is 408 g/mol. The van der Waals surface area contributed by atoms with Crippen LogP contribution in [0.25, 0.3) is 10.9 Å². The van der Waals surface area contributed by atoms with E-state index in [1.165, 1.54) is 34.9 Å². The maximum atomic E-state index is 13.4. The van der Waals surface area contributed by atoms with Crippen molar-refractivity contribution in [1.29, 1.82) is 0 Å². The molecule has 4 unspecified atom stereocenters. The number of piperidine rings is 1. The van der Waals surface area contributed by atoms with E-state index in [0.717, 1.165) is 38.6 Å². The smallest absolute Gasteiger partial charge is 0.306 e. The number of aromatic amines is 1. The van der Waals surface area contributed by atoms with Crippen LogP contribution in [0.5, 0.6) is 0 Å². The summed E-state index contributed by atoms with van der Waals surface area (Å²) in [5, 5.41) is 11.0. The van der Waals surface area contributed by atoms with Gasteiger partial charge in [-0.25, -0.2) is 0 Å². The summed E-state index contributed by atoms with van der Waals surface area (Å²) >= 11 is 0. The predicted octanol–water partition coefficient (Wildman–Crippen LogP) is 5.03. The number of amides is 1. The number of rotatable bonds is 5. The lowest BCUT2D eigenvalue weighted by Gasteiger charge is -2.46. The number of carbonyl (C=O) groups is 2. The zero-order chi connectivity index (χ0) is 20.8. The van der Waals surface area contributed by atoms with Gasteiger partial charge in [0, 0.05) is 36.1 Å². The Morgan fingerprint density at radius 1 is 1.17 bits per heavy atom. The third-order valence-corrected chi connectivity index (χ3v) is 7.80. The molecule has 2 aromatic rings. The number of H-pyrrole nitrogens is 1. The Labute approximate surface area is 177 Å². The molecule has 30 heavy (non-hydrogen) atoms. The van der Waals surface area contributed by atoms with Gasteiger partial charge in [-0.15, -0.1) is 0 Å². The number of benzene rings is 1. The molecule has 5 nitrogen and oxygen atoms in total. The van der Waals surface area contributed by atoms with Gasteiger partial charge in [0.1, 0.15) is 0 Å². The number of hydrogen-bond donors (Lipinski definition) is 2. The van der Waals surface area contributed by atoms with E-state index < -0.39 is 5.97 Å².